The third-order valence-electron chi connectivity index (χ3n) is 6.00. The number of halogens is 1. The van der Waals surface area contributed by atoms with E-state index in [2.05, 4.69) is 5.32 Å². The van der Waals surface area contributed by atoms with Crippen molar-refractivity contribution in [2.75, 3.05) is 4.90 Å². The van der Waals surface area contributed by atoms with Crippen molar-refractivity contribution >= 4 is 63.1 Å². The number of thioether (sulfide) groups is 1. The maximum Gasteiger partial charge on any atom is 0.298 e. The lowest BCUT2D eigenvalue weighted by molar-refractivity contribution is -0.122. The van der Waals surface area contributed by atoms with Crippen LogP contribution in [0.3, 0.4) is 0 Å². The van der Waals surface area contributed by atoms with Crippen molar-refractivity contribution in [1.29, 1.82) is 0 Å². The number of nitrogens with one attached hydrogen (secondary N) is 1. The van der Waals surface area contributed by atoms with Crippen LogP contribution in [0.25, 0.3) is 17.0 Å². The van der Waals surface area contributed by atoms with Gasteiger partial charge in [-0.25, -0.2) is 4.90 Å². The number of anilines is 1. The van der Waals surface area contributed by atoms with Crippen molar-refractivity contribution in [1.82, 2.24) is 9.88 Å². The summed E-state index contributed by atoms with van der Waals surface area (Å²) in [5.74, 6) is -0.404. The van der Waals surface area contributed by atoms with E-state index in [9.17, 15) is 14.4 Å². The molecule has 3 aromatic rings. The molecular formula is C25H22ClN3O3S. The van der Waals surface area contributed by atoms with Crippen LogP contribution in [0.15, 0.2) is 59.6 Å². The van der Waals surface area contributed by atoms with Gasteiger partial charge in [-0.3, -0.25) is 14.4 Å². The SMILES string of the molecule is O=C(Cn1cc(/C=C2\SC(=O)N(c3cccc(Cl)c3)C2=O)c2ccccc21)NC1CCCC1. The van der Waals surface area contributed by atoms with Gasteiger partial charge < -0.3 is 9.88 Å². The Bertz CT molecular complexity index is 1290. The highest BCUT2D eigenvalue weighted by Gasteiger charge is 2.36. The summed E-state index contributed by atoms with van der Waals surface area (Å²) in [6.07, 6.45) is 7.98. The van der Waals surface area contributed by atoms with E-state index in [0.29, 0.717) is 15.6 Å². The molecular weight excluding hydrogens is 458 g/mol. The minimum Gasteiger partial charge on any atom is -0.352 e. The monoisotopic (exact) mass is 479 g/mol. The first-order chi connectivity index (χ1) is 16.0. The normalized spacial score (nSPS) is 18.1. The van der Waals surface area contributed by atoms with Gasteiger partial charge in [-0.15, -0.1) is 0 Å². The first-order valence-electron chi connectivity index (χ1n) is 10.9. The van der Waals surface area contributed by atoms with E-state index in [0.717, 1.165) is 58.8 Å². The number of carbonyl (C=O) groups is 3. The van der Waals surface area contributed by atoms with Gasteiger partial charge >= 0.3 is 0 Å². The minimum atomic E-state index is -0.386. The zero-order valence-electron chi connectivity index (χ0n) is 17.8. The third-order valence-corrected chi connectivity index (χ3v) is 7.11. The number of imide groups is 1. The summed E-state index contributed by atoms with van der Waals surface area (Å²) >= 11 is 6.94. The minimum absolute atomic E-state index is 0.0181. The van der Waals surface area contributed by atoms with E-state index in [1.807, 2.05) is 35.0 Å². The number of para-hydroxylation sites is 1. The Balaban J connectivity index is 1.43. The number of nitrogens with zero attached hydrogens (tertiary/aromatic N) is 2. The average molecular weight is 480 g/mol. The maximum absolute atomic E-state index is 13.0. The van der Waals surface area contributed by atoms with Gasteiger partial charge in [-0.1, -0.05) is 48.7 Å². The summed E-state index contributed by atoms with van der Waals surface area (Å²) in [6.45, 7) is 0.203. The number of amides is 3. The smallest absolute Gasteiger partial charge is 0.298 e. The predicted octanol–water partition coefficient (Wildman–Crippen LogP) is 5.59. The number of fused-ring (bicyclic) bond motifs is 1. The van der Waals surface area contributed by atoms with Crippen LogP contribution in [0.1, 0.15) is 31.2 Å². The van der Waals surface area contributed by atoms with E-state index >= 15 is 0 Å². The molecule has 3 amide bonds. The van der Waals surface area contributed by atoms with Crippen molar-refractivity contribution in [3.8, 4) is 0 Å². The number of aromatic nitrogens is 1. The molecule has 1 aliphatic carbocycles. The molecule has 0 unspecified atom stereocenters. The Labute approximate surface area is 200 Å². The van der Waals surface area contributed by atoms with Crippen molar-refractivity contribution < 1.29 is 14.4 Å². The quantitative estimate of drug-likeness (QED) is 0.484. The molecule has 6 nitrogen and oxygen atoms in total. The molecule has 0 atom stereocenters. The molecule has 33 heavy (non-hydrogen) atoms. The molecule has 5 rings (SSSR count). The summed E-state index contributed by atoms with van der Waals surface area (Å²) in [5, 5.41) is 4.12. The zero-order chi connectivity index (χ0) is 22.9. The van der Waals surface area contributed by atoms with Gasteiger partial charge in [0.2, 0.25) is 5.91 Å². The second kappa shape index (κ2) is 9.08. The van der Waals surface area contributed by atoms with Crippen LogP contribution in [0.4, 0.5) is 10.5 Å². The molecule has 2 heterocycles. The molecule has 1 aromatic heterocycles. The van der Waals surface area contributed by atoms with Crippen molar-refractivity contribution in [3.63, 3.8) is 0 Å². The van der Waals surface area contributed by atoms with Crippen molar-refractivity contribution in [3.05, 3.63) is 70.2 Å². The average Bonchev–Trinajstić information content (AvgIpc) is 3.48. The second-order valence-electron chi connectivity index (χ2n) is 8.28. The van der Waals surface area contributed by atoms with Crippen LogP contribution in [-0.4, -0.2) is 27.7 Å². The van der Waals surface area contributed by atoms with Crippen LogP contribution in [-0.2, 0) is 16.1 Å². The first-order valence-corrected chi connectivity index (χ1v) is 12.1. The van der Waals surface area contributed by atoms with Crippen LogP contribution in [0.2, 0.25) is 5.02 Å². The van der Waals surface area contributed by atoms with Crippen LogP contribution in [0.5, 0.6) is 0 Å². The van der Waals surface area contributed by atoms with E-state index < -0.39 is 0 Å². The van der Waals surface area contributed by atoms with Crippen LogP contribution < -0.4 is 10.2 Å². The van der Waals surface area contributed by atoms with Crippen LogP contribution in [0, 0.1) is 0 Å². The van der Waals surface area contributed by atoms with Gasteiger partial charge in [-0.05, 0) is 54.9 Å². The standard InChI is InChI=1S/C25H22ClN3O3S/c26-17-6-5-9-19(13-17)29-24(31)22(33-25(29)32)12-16-14-28(21-11-4-3-10-20(16)21)15-23(30)27-18-7-1-2-8-18/h3-6,9-14,18H,1-2,7-8,15H2,(H,27,30)/b22-12-. The number of rotatable bonds is 5. The highest BCUT2D eigenvalue weighted by molar-refractivity contribution is 8.19. The summed E-state index contributed by atoms with van der Waals surface area (Å²) in [4.78, 5) is 39.7. The molecule has 1 N–H and O–H groups in total. The highest BCUT2D eigenvalue weighted by atomic mass is 35.5. The van der Waals surface area contributed by atoms with E-state index in [1.54, 1.807) is 30.3 Å². The first kappa shape index (κ1) is 21.8. The maximum atomic E-state index is 13.0. The Morgan fingerprint density at radius 2 is 1.91 bits per heavy atom. The lowest BCUT2D eigenvalue weighted by Crippen LogP contribution is -2.35. The molecule has 0 radical (unpaired) electrons. The predicted molar refractivity (Wildman–Crippen MR) is 132 cm³/mol. The van der Waals surface area contributed by atoms with Gasteiger partial charge in [0, 0.05) is 33.7 Å². The van der Waals surface area contributed by atoms with Crippen molar-refractivity contribution in [2.45, 2.75) is 38.3 Å². The van der Waals surface area contributed by atoms with Crippen molar-refractivity contribution in [2.24, 2.45) is 0 Å². The van der Waals surface area contributed by atoms with E-state index in [1.165, 1.54) is 0 Å². The fourth-order valence-electron chi connectivity index (χ4n) is 4.47. The Morgan fingerprint density at radius 3 is 2.70 bits per heavy atom. The molecule has 2 aromatic carbocycles. The van der Waals surface area contributed by atoms with E-state index in [-0.39, 0.29) is 29.6 Å². The molecule has 2 aliphatic rings. The molecule has 2 fully saturated rings. The molecule has 168 valence electrons. The highest BCUT2D eigenvalue weighted by Crippen LogP contribution is 2.37. The van der Waals surface area contributed by atoms with Gasteiger partial charge in [0.1, 0.15) is 6.54 Å². The Kier molecular flexibility index (Phi) is 6.00. The summed E-state index contributed by atoms with van der Waals surface area (Å²) < 4.78 is 1.90. The second-order valence-corrected chi connectivity index (χ2v) is 9.71. The third kappa shape index (κ3) is 4.43. The molecule has 1 saturated heterocycles. The van der Waals surface area contributed by atoms with Gasteiger partial charge in [0.05, 0.1) is 10.6 Å². The number of benzene rings is 2. The fraction of sp³-hybridized carbons (Fsp3) is 0.240. The van der Waals surface area contributed by atoms with Gasteiger partial charge in [0.15, 0.2) is 0 Å². The Hall–Kier alpha value is -3.03. The largest absolute Gasteiger partial charge is 0.352 e. The molecule has 8 heteroatoms. The number of hydrogen-bond acceptors (Lipinski definition) is 4. The van der Waals surface area contributed by atoms with Crippen LogP contribution >= 0.6 is 23.4 Å². The van der Waals surface area contributed by atoms with Gasteiger partial charge in [-0.2, -0.15) is 0 Å². The molecule has 1 saturated carbocycles. The number of hydrogen-bond donors (Lipinski definition) is 1. The number of carbonyl (C=O) groups excluding carboxylic acids is 3. The van der Waals surface area contributed by atoms with Gasteiger partial charge in [0.25, 0.3) is 11.1 Å². The molecule has 0 bridgehead atoms. The molecule has 1 aliphatic heterocycles. The summed E-state index contributed by atoms with van der Waals surface area (Å²) in [5.41, 5.74) is 2.13. The fourth-order valence-corrected chi connectivity index (χ4v) is 5.48. The Morgan fingerprint density at radius 1 is 1.12 bits per heavy atom. The van der Waals surface area contributed by atoms with E-state index in [4.69, 9.17) is 11.6 Å². The lowest BCUT2D eigenvalue weighted by Gasteiger charge is -2.12. The molecule has 0 spiro atoms. The topological polar surface area (TPSA) is 71.4 Å². The summed E-state index contributed by atoms with van der Waals surface area (Å²) in [6, 6.07) is 14.7. The summed E-state index contributed by atoms with van der Waals surface area (Å²) in [7, 11) is 0. The zero-order valence-corrected chi connectivity index (χ0v) is 19.4. The lowest BCUT2D eigenvalue weighted by atomic mass is 10.1.